The van der Waals surface area contributed by atoms with Crippen LogP contribution >= 0.6 is 0 Å². The van der Waals surface area contributed by atoms with Crippen LogP contribution in [0.2, 0.25) is 0 Å². The van der Waals surface area contributed by atoms with Crippen LogP contribution in [0.3, 0.4) is 0 Å². The van der Waals surface area contributed by atoms with E-state index >= 15 is 0 Å². The predicted octanol–water partition coefficient (Wildman–Crippen LogP) is 5.24. The number of nitrogens with zero attached hydrogens (tertiary/aromatic N) is 3. The largest absolute Gasteiger partial charge is 0.331 e. The first-order valence-electron chi connectivity index (χ1n) is 11.2. The third-order valence-corrected chi connectivity index (χ3v) is 5.77. The van der Waals surface area contributed by atoms with Crippen LogP contribution in [0, 0.1) is 0 Å². The van der Waals surface area contributed by atoms with Crippen LogP contribution in [0.25, 0.3) is 0 Å². The van der Waals surface area contributed by atoms with Gasteiger partial charge in [-0.15, -0.1) is 0 Å². The van der Waals surface area contributed by atoms with Gasteiger partial charge in [-0.1, -0.05) is 74.5 Å². The summed E-state index contributed by atoms with van der Waals surface area (Å²) in [5.41, 5.74) is 3.02. The van der Waals surface area contributed by atoms with Crippen molar-refractivity contribution >= 4 is 5.91 Å². The standard InChI is InChI=1S/C27H33N3O/c1-3-29(4-2)19-12-20-30(27(31)25-17-11-18-28-22-25)26(24-15-9-6-10-16-24)21-23-13-7-5-8-14-23/h5-11,13-18,22,26H,3-4,12,19-21H2,1-2H3. The lowest BCUT2D eigenvalue weighted by atomic mass is 9.96. The highest BCUT2D eigenvalue weighted by Crippen LogP contribution is 2.27. The molecule has 4 nitrogen and oxygen atoms in total. The molecule has 3 rings (SSSR count). The highest BCUT2D eigenvalue weighted by atomic mass is 16.2. The van der Waals surface area contributed by atoms with Crippen molar-refractivity contribution in [1.82, 2.24) is 14.8 Å². The Morgan fingerprint density at radius 3 is 2.16 bits per heavy atom. The van der Waals surface area contributed by atoms with Gasteiger partial charge in [0.25, 0.3) is 5.91 Å². The number of hydrogen-bond acceptors (Lipinski definition) is 3. The Morgan fingerprint density at radius 1 is 0.871 bits per heavy atom. The van der Waals surface area contributed by atoms with Crippen LogP contribution in [-0.4, -0.2) is 46.9 Å². The second kappa shape index (κ2) is 12.0. The third-order valence-electron chi connectivity index (χ3n) is 5.77. The van der Waals surface area contributed by atoms with Gasteiger partial charge in [-0.3, -0.25) is 9.78 Å². The summed E-state index contributed by atoms with van der Waals surface area (Å²) in [5, 5.41) is 0. The van der Waals surface area contributed by atoms with E-state index in [0.717, 1.165) is 38.0 Å². The molecule has 1 unspecified atom stereocenters. The number of carbonyl (C=O) groups excluding carboxylic acids is 1. The molecule has 1 atom stereocenters. The summed E-state index contributed by atoms with van der Waals surface area (Å²) in [4.78, 5) is 22.3. The molecule has 0 radical (unpaired) electrons. The first-order chi connectivity index (χ1) is 15.2. The van der Waals surface area contributed by atoms with E-state index in [1.165, 1.54) is 5.56 Å². The summed E-state index contributed by atoms with van der Waals surface area (Å²) in [5.74, 6) is 0.0393. The second-order valence-corrected chi connectivity index (χ2v) is 7.74. The van der Waals surface area contributed by atoms with E-state index in [4.69, 9.17) is 0 Å². The Hall–Kier alpha value is -2.98. The van der Waals surface area contributed by atoms with Gasteiger partial charge in [0.15, 0.2) is 0 Å². The van der Waals surface area contributed by atoms with Crippen molar-refractivity contribution in [3.05, 3.63) is 102 Å². The zero-order valence-corrected chi connectivity index (χ0v) is 18.7. The molecule has 1 aromatic heterocycles. The molecule has 4 heteroatoms. The maximum Gasteiger partial charge on any atom is 0.255 e. The molecule has 0 N–H and O–H groups in total. The average molecular weight is 416 g/mol. The molecule has 1 heterocycles. The number of benzene rings is 2. The van der Waals surface area contributed by atoms with Crippen molar-refractivity contribution in [3.63, 3.8) is 0 Å². The zero-order valence-electron chi connectivity index (χ0n) is 18.7. The van der Waals surface area contributed by atoms with Gasteiger partial charge in [0.2, 0.25) is 0 Å². The lowest BCUT2D eigenvalue weighted by Crippen LogP contribution is -2.38. The van der Waals surface area contributed by atoms with Crippen molar-refractivity contribution in [2.75, 3.05) is 26.2 Å². The number of hydrogen-bond donors (Lipinski definition) is 0. The normalized spacial score (nSPS) is 12.0. The zero-order chi connectivity index (χ0) is 21.9. The molecule has 0 fully saturated rings. The maximum atomic E-state index is 13.6. The molecule has 2 aromatic carbocycles. The SMILES string of the molecule is CCN(CC)CCCN(C(=O)c1cccnc1)C(Cc1ccccc1)c1ccccc1. The molecule has 1 amide bonds. The van der Waals surface area contributed by atoms with Crippen LogP contribution in [0.1, 0.15) is 47.8 Å². The minimum Gasteiger partial charge on any atom is -0.331 e. The number of pyridine rings is 1. The Balaban J connectivity index is 1.92. The Kier molecular flexibility index (Phi) is 8.80. The van der Waals surface area contributed by atoms with Gasteiger partial charge in [0.05, 0.1) is 11.6 Å². The maximum absolute atomic E-state index is 13.6. The van der Waals surface area contributed by atoms with E-state index in [0.29, 0.717) is 12.1 Å². The van der Waals surface area contributed by atoms with E-state index < -0.39 is 0 Å². The van der Waals surface area contributed by atoms with Gasteiger partial charge in [-0.05, 0) is 55.7 Å². The summed E-state index contributed by atoms with van der Waals surface area (Å²) < 4.78 is 0. The van der Waals surface area contributed by atoms with Gasteiger partial charge >= 0.3 is 0 Å². The summed E-state index contributed by atoms with van der Waals surface area (Å²) in [7, 11) is 0. The Labute approximate surface area is 186 Å². The molecule has 31 heavy (non-hydrogen) atoms. The van der Waals surface area contributed by atoms with Gasteiger partial charge in [-0.2, -0.15) is 0 Å². The molecule has 3 aromatic rings. The molecule has 0 saturated heterocycles. The highest BCUT2D eigenvalue weighted by molar-refractivity contribution is 5.94. The summed E-state index contributed by atoms with van der Waals surface area (Å²) in [6.45, 7) is 8.11. The van der Waals surface area contributed by atoms with Gasteiger partial charge in [0, 0.05) is 18.9 Å². The van der Waals surface area contributed by atoms with E-state index in [-0.39, 0.29) is 11.9 Å². The molecule has 0 saturated carbocycles. The van der Waals surface area contributed by atoms with Crippen molar-refractivity contribution in [2.45, 2.75) is 32.7 Å². The molecular formula is C27H33N3O. The van der Waals surface area contributed by atoms with E-state index in [9.17, 15) is 4.79 Å². The first-order valence-corrected chi connectivity index (χ1v) is 11.2. The first kappa shape index (κ1) is 22.7. The lowest BCUT2D eigenvalue weighted by Gasteiger charge is -2.33. The molecule has 0 aliphatic rings. The van der Waals surface area contributed by atoms with E-state index in [1.54, 1.807) is 12.4 Å². The van der Waals surface area contributed by atoms with E-state index in [1.807, 2.05) is 29.2 Å². The summed E-state index contributed by atoms with van der Waals surface area (Å²) >= 11 is 0. The van der Waals surface area contributed by atoms with Crippen LogP contribution in [0.15, 0.2) is 85.2 Å². The average Bonchev–Trinajstić information content (AvgIpc) is 2.84. The molecular weight excluding hydrogens is 382 g/mol. The topological polar surface area (TPSA) is 36.4 Å². The molecule has 162 valence electrons. The molecule has 0 bridgehead atoms. The molecule has 0 aliphatic heterocycles. The predicted molar refractivity (Wildman–Crippen MR) is 127 cm³/mol. The monoisotopic (exact) mass is 415 g/mol. The fourth-order valence-electron chi connectivity index (χ4n) is 3.98. The molecule has 0 spiro atoms. The van der Waals surface area contributed by atoms with Crippen molar-refractivity contribution in [3.8, 4) is 0 Å². The van der Waals surface area contributed by atoms with Gasteiger partial charge in [0.1, 0.15) is 0 Å². The minimum atomic E-state index is -0.0343. The highest BCUT2D eigenvalue weighted by Gasteiger charge is 2.26. The number of aromatic nitrogens is 1. The van der Waals surface area contributed by atoms with Crippen LogP contribution in [0.5, 0.6) is 0 Å². The minimum absolute atomic E-state index is 0.0343. The van der Waals surface area contributed by atoms with Crippen molar-refractivity contribution in [2.24, 2.45) is 0 Å². The number of rotatable bonds is 11. The van der Waals surface area contributed by atoms with Crippen LogP contribution in [0.4, 0.5) is 0 Å². The summed E-state index contributed by atoms with van der Waals surface area (Å²) in [6, 6.07) is 24.5. The quantitative estimate of drug-likeness (QED) is 0.430. The number of amides is 1. The van der Waals surface area contributed by atoms with Gasteiger partial charge < -0.3 is 9.80 Å². The molecule has 0 aliphatic carbocycles. The smallest absolute Gasteiger partial charge is 0.255 e. The second-order valence-electron chi connectivity index (χ2n) is 7.74. The van der Waals surface area contributed by atoms with Gasteiger partial charge in [-0.25, -0.2) is 0 Å². The fourth-order valence-corrected chi connectivity index (χ4v) is 3.98. The third kappa shape index (κ3) is 6.50. The Morgan fingerprint density at radius 2 is 1.55 bits per heavy atom. The van der Waals surface area contributed by atoms with Crippen molar-refractivity contribution < 1.29 is 4.79 Å². The van der Waals surface area contributed by atoms with Crippen LogP contribution < -0.4 is 0 Å². The van der Waals surface area contributed by atoms with Crippen molar-refractivity contribution in [1.29, 1.82) is 0 Å². The lowest BCUT2D eigenvalue weighted by molar-refractivity contribution is 0.0664. The van der Waals surface area contributed by atoms with E-state index in [2.05, 4.69) is 72.3 Å². The number of carbonyl (C=O) groups is 1. The summed E-state index contributed by atoms with van der Waals surface area (Å²) in [6.07, 6.45) is 5.10. The Bertz CT molecular complexity index is 896. The fraction of sp³-hybridized carbons (Fsp3) is 0.333. The van der Waals surface area contributed by atoms with Crippen LogP contribution in [-0.2, 0) is 6.42 Å².